The SMILES string of the molecule is COc1ccc(-c2ccc(N3CCN(C(=O)COc4ccccc4OC)CC3)nn2)cc1. The van der Waals surface area contributed by atoms with Crippen LogP contribution in [0.5, 0.6) is 17.2 Å². The lowest BCUT2D eigenvalue weighted by molar-refractivity contribution is -0.133. The first-order valence-electron chi connectivity index (χ1n) is 10.4. The highest BCUT2D eigenvalue weighted by Gasteiger charge is 2.22. The molecule has 0 aliphatic carbocycles. The minimum absolute atomic E-state index is 0.0171. The Balaban J connectivity index is 1.29. The molecule has 1 amide bonds. The van der Waals surface area contributed by atoms with Gasteiger partial charge in [0.1, 0.15) is 5.75 Å². The Morgan fingerprint density at radius 1 is 0.844 bits per heavy atom. The lowest BCUT2D eigenvalue weighted by Gasteiger charge is -2.35. The molecule has 32 heavy (non-hydrogen) atoms. The molecule has 3 aromatic rings. The van der Waals surface area contributed by atoms with Crippen LogP contribution in [0.15, 0.2) is 60.7 Å². The predicted octanol–water partition coefficient (Wildman–Crippen LogP) is 2.89. The van der Waals surface area contributed by atoms with Gasteiger partial charge in [0.05, 0.1) is 19.9 Å². The van der Waals surface area contributed by atoms with Gasteiger partial charge in [-0.2, -0.15) is 0 Å². The van der Waals surface area contributed by atoms with Crippen LogP contribution in [-0.2, 0) is 4.79 Å². The van der Waals surface area contributed by atoms with Gasteiger partial charge >= 0.3 is 0 Å². The van der Waals surface area contributed by atoms with Gasteiger partial charge in [0.25, 0.3) is 5.91 Å². The van der Waals surface area contributed by atoms with Crippen molar-refractivity contribution in [2.75, 3.05) is 51.9 Å². The lowest BCUT2D eigenvalue weighted by atomic mass is 10.1. The summed E-state index contributed by atoms with van der Waals surface area (Å²) in [6.07, 6.45) is 0. The summed E-state index contributed by atoms with van der Waals surface area (Å²) >= 11 is 0. The number of carbonyl (C=O) groups excluding carboxylic acids is 1. The molecule has 1 fully saturated rings. The van der Waals surface area contributed by atoms with Crippen molar-refractivity contribution in [1.29, 1.82) is 0 Å². The third kappa shape index (κ3) is 4.91. The third-order valence-corrected chi connectivity index (χ3v) is 5.41. The standard InChI is InChI=1S/C24H26N4O4/c1-30-19-9-7-18(8-10-19)20-11-12-23(26-25-20)27-13-15-28(16-14-27)24(29)17-32-22-6-4-3-5-21(22)31-2/h3-12H,13-17H2,1-2H3. The quantitative estimate of drug-likeness (QED) is 0.566. The molecule has 1 saturated heterocycles. The van der Waals surface area contributed by atoms with Crippen molar-refractivity contribution in [1.82, 2.24) is 15.1 Å². The molecular formula is C24H26N4O4. The van der Waals surface area contributed by atoms with Crippen LogP contribution in [0.2, 0.25) is 0 Å². The summed E-state index contributed by atoms with van der Waals surface area (Å²) in [5.41, 5.74) is 1.79. The number of hydrogen-bond acceptors (Lipinski definition) is 7. The van der Waals surface area contributed by atoms with E-state index in [0.717, 1.165) is 22.8 Å². The van der Waals surface area contributed by atoms with Crippen LogP contribution in [0.4, 0.5) is 5.82 Å². The van der Waals surface area contributed by atoms with Crippen LogP contribution in [-0.4, -0.2) is 68.0 Å². The number of anilines is 1. The van der Waals surface area contributed by atoms with Gasteiger partial charge in [0.2, 0.25) is 0 Å². The normalized spacial score (nSPS) is 13.6. The molecule has 0 bridgehead atoms. The minimum Gasteiger partial charge on any atom is -0.497 e. The zero-order valence-electron chi connectivity index (χ0n) is 18.2. The van der Waals surface area contributed by atoms with Crippen molar-refractivity contribution in [3.05, 3.63) is 60.7 Å². The lowest BCUT2D eigenvalue weighted by Crippen LogP contribution is -2.50. The van der Waals surface area contributed by atoms with Crippen LogP contribution in [0.1, 0.15) is 0 Å². The average Bonchev–Trinajstić information content (AvgIpc) is 2.87. The molecule has 0 radical (unpaired) electrons. The number of methoxy groups -OCH3 is 2. The van der Waals surface area contributed by atoms with Crippen LogP contribution in [0.25, 0.3) is 11.3 Å². The number of piperazine rings is 1. The number of carbonyl (C=O) groups is 1. The Morgan fingerprint density at radius 3 is 2.19 bits per heavy atom. The van der Waals surface area contributed by atoms with E-state index in [1.165, 1.54) is 0 Å². The predicted molar refractivity (Wildman–Crippen MR) is 121 cm³/mol. The maximum atomic E-state index is 12.6. The molecule has 1 aliphatic heterocycles. The highest BCUT2D eigenvalue weighted by Crippen LogP contribution is 2.26. The summed E-state index contributed by atoms with van der Waals surface area (Å²) in [5, 5.41) is 8.76. The molecule has 2 heterocycles. The van der Waals surface area contributed by atoms with Gasteiger partial charge in [0, 0.05) is 31.7 Å². The van der Waals surface area contributed by atoms with E-state index in [0.29, 0.717) is 37.7 Å². The molecule has 166 valence electrons. The first kappa shape index (κ1) is 21.4. The Hall–Kier alpha value is -3.81. The Labute approximate surface area is 187 Å². The monoisotopic (exact) mass is 434 g/mol. The van der Waals surface area contributed by atoms with Crippen molar-refractivity contribution >= 4 is 11.7 Å². The third-order valence-electron chi connectivity index (χ3n) is 5.41. The number of rotatable bonds is 7. The van der Waals surface area contributed by atoms with Crippen LogP contribution >= 0.6 is 0 Å². The Kier molecular flexibility index (Phi) is 6.69. The first-order chi connectivity index (χ1) is 15.7. The molecule has 4 rings (SSSR count). The highest BCUT2D eigenvalue weighted by molar-refractivity contribution is 5.78. The summed E-state index contributed by atoms with van der Waals surface area (Å²) in [4.78, 5) is 16.5. The smallest absolute Gasteiger partial charge is 0.260 e. The summed E-state index contributed by atoms with van der Waals surface area (Å²) in [5.74, 6) is 2.74. The van der Waals surface area contributed by atoms with Gasteiger partial charge in [-0.1, -0.05) is 12.1 Å². The van der Waals surface area contributed by atoms with Crippen molar-refractivity contribution in [3.63, 3.8) is 0 Å². The molecule has 1 aliphatic rings. The molecule has 1 aromatic heterocycles. The molecule has 0 unspecified atom stereocenters. The molecule has 8 nitrogen and oxygen atoms in total. The summed E-state index contributed by atoms with van der Waals surface area (Å²) in [6, 6.07) is 19.0. The molecule has 0 N–H and O–H groups in total. The van der Waals surface area contributed by atoms with E-state index < -0.39 is 0 Å². The van der Waals surface area contributed by atoms with Gasteiger partial charge in [-0.3, -0.25) is 4.79 Å². The topological polar surface area (TPSA) is 77.0 Å². The van der Waals surface area contributed by atoms with Gasteiger partial charge in [-0.25, -0.2) is 0 Å². The molecular weight excluding hydrogens is 408 g/mol. The number of amides is 1. The summed E-state index contributed by atoms with van der Waals surface area (Å²) in [6.45, 7) is 2.58. The van der Waals surface area contributed by atoms with Gasteiger partial charge in [0.15, 0.2) is 23.9 Å². The Morgan fingerprint density at radius 2 is 1.56 bits per heavy atom. The second-order valence-electron chi connectivity index (χ2n) is 7.31. The number of benzene rings is 2. The van der Waals surface area contributed by atoms with E-state index in [2.05, 4.69) is 15.1 Å². The molecule has 2 aromatic carbocycles. The average molecular weight is 434 g/mol. The Bertz CT molecular complexity index is 1030. The van der Waals surface area contributed by atoms with Crippen molar-refractivity contribution in [2.24, 2.45) is 0 Å². The van der Waals surface area contributed by atoms with Crippen molar-refractivity contribution < 1.29 is 19.0 Å². The fraction of sp³-hybridized carbons (Fsp3) is 0.292. The van der Waals surface area contributed by atoms with E-state index in [1.807, 2.05) is 53.4 Å². The maximum Gasteiger partial charge on any atom is 0.260 e. The fourth-order valence-electron chi connectivity index (χ4n) is 3.56. The fourth-order valence-corrected chi connectivity index (χ4v) is 3.56. The zero-order chi connectivity index (χ0) is 22.3. The molecule has 0 atom stereocenters. The zero-order valence-corrected chi connectivity index (χ0v) is 18.2. The molecule has 0 saturated carbocycles. The van der Waals surface area contributed by atoms with E-state index in [1.54, 1.807) is 26.4 Å². The number of ether oxygens (including phenoxy) is 3. The van der Waals surface area contributed by atoms with E-state index in [4.69, 9.17) is 14.2 Å². The first-order valence-corrected chi connectivity index (χ1v) is 10.4. The largest absolute Gasteiger partial charge is 0.497 e. The van der Waals surface area contributed by atoms with Gasteiger partial charge in [-0.15, -0.1) is 10.2 Å². The molecule has 8 heteroatoms. The van der Waals surface area contributed by atoms with E-state index in [9.17, 15) is 4.79 Å². The minimum atomic E-state index is -0.0449. The number of aromatic nitrogens is 2. The van der Waals surface area contributed by atoms with Crippen molar-refractivity contribution in [2.45, 2.75) is 0 Å². The van der Waals surface area contributed by atoms with Crippen LogP contribution in [0, 0.1) is 0 Å². The van der Waals surface area contributed by atoms with Crippen LogP contribution < -0.4 is 19.1 Å². The van der Waals surface area contributed by atoms with Gasteiger partial charge in [-0.05, 0) is 48.5 Å². The van der Waals surface area contributed by atoms with E-state index >= 15 is 0 Å². The van der Waals surface area contributed by atoms with E-state index in [-0.39, 0.29) is 12.5 Å². The maximum absolute atomic E-state index is 12.6. The molecule has 0 spiro atoms. The summed E-state index contributed by atoms with van der Waals surface area (Å²) in [7, 11) is 3.22. The second kappa shape index (κ2) is 10.00. The highest BCUT2D eigenvalue weighted by atomic mass is 16.5. The summed E-state index contributed by atoms with van der Waals surface area (Å²) < 4.78 is 16.1. The van der Waals surface area contributed by atoms with Crippen molar-refractivity contribution in [3.8, 4) is 28.5 Å². The number of hydrogen-bond donors (Lipinski definition) is 0. The number of nitrogens with zero attached hydrogens (tertiary/aromatic N) is 4. The number of para-hydroxylation sites is 2. The van der Waals surface area contributed by atoms with Crippen LogP contribution in [0.3, 0.4) is 0 Å². The van der Waals surface area contributed by atoms with Gasteiger partial charge < -0.3 is 24.0 Å². The second-order valence-corrected chi connectivity index (χ2v) is 7.31.